The molecule has 0 bridgehead atoms. The number of rotatable bonds is 1. The molecule has 1 heterocycles. The summed E-state index contributed by atoms with van der Waals surface area (Å²) in [5, 5.41) is 9.03. The molecule has 0 unspecified atom stereocenters. The summed E-state index contributed by atoms with van der Waals surface area (Å²) in [5.74, 6) is 0. The number of benzene rings is 1. The van der Waals surface area contributed by atoms with Crippen LogP contribution in [0.25, 0.3) is 11.0 Å². The van der Waals surface area contributed by atoms with Gasteiger partial charge in [0.05, 0.1) is 17.6 Å². The van der Waals surface area contributed by atoms with Gasteiger partial charge >= 0.3 is 0 Å². The van der Waals surface area contributed by atoms with Crippen LogP contribution in [-0.4, -0.2) is 15.1 Å². The van der Waals surface area contributed by atoms with Gasteiger partial charge in [0.25, 0.3) is 0 Å². The molecule has 0 amide bonds. The number of hydrogen-bond donors (Lipinski definition) is 2. The molecule has 2 aromatic rings. The Kier molecular flexibility index (Phi) is 2.09. The number of aliphatic hydroxyl groups is 1. The Hall–Kier alpha value is -0.870. The van der Waals surface area contributed by atoms with Gasteiger partial charge in [-0.15, -0.1) is 0 Å². The quantitative estimate of drug-likeness (QED) is 0.803. The van der Waals surface area contributed by atoms with Crippen LogP contribution in [0.5, 0.6) is 0 Å². The van der Waals surface area contributed by atoms with E-state index in [1.54, 1.807) is 0 Å². The van der Waals surface area contributed by atoms with Crippen molar-refractivity contribution in [2.75, 3.05) is 0 Å². The largest absolute Gasteiger partial charge is 0.392 e. The molecule has 68 valence electrons. The first-order valence-electron chi connectivity index (χ1n) is 3.96. The number of fused-ring (bicyclic) bond motifs is 1. The Morgan fingerprint density at radius 3 is 3.00 bits per heavy atom. The highest BCUT2D eigenvalue weighted by atomic mass is 79.9. The monoisotopic (exact) mass is 240 g/mol. The predicted octanol–water partition coefficient (Wildman–Crippen LogP) is 2.13. The van der Waals surface area contributed by atoms with Crippen LogP contribution in [0.2, 0.25) is 0 Å². The van der Waals surface area contributed by atoms with E-state index in [0.29, 0.717) is 0 Å². The van der Waals surface area contributed by atoms with Crippen LogP contribution < -0.4 is 0 Å². The number of H-pyrrole nitrogens is 1. The van der Waals surface area contributed by atoms with E-state index in [1.165, 1.54) is 0 Å². The SMILES string of the molecule is Cc1cc2[nH]c(Br)nc2cc1CO. The second-order valence-corrected chi connectivity index (χ2v) is 3.73. The average molecular weight is 241 g/mol. The first-order chi connectivity index (χ1) is 6.20. The number of nitrogens with zero attached hydrogens (tertiary/aromatic N) is 1. The van der Waals surface area contributed by atoms with Crippen molar-refractivity contribution >= 4 is 27.0 Å². The first-order valence-corrected chi connectivity index (χ1v) is 4.75. The van der Waals surface area contributed by atoms with Crippen LogP contribution in [0, 0.1) is 6.92 Å². The summed E-state index contributed by atoms with van der Waals surface area (Å²) in [6, 6.07) is 3.88. The lowest BCUT2D eigenvalue weighted by Gasteiger charge is -2.00. The van der Waals surface area contributed by atoms with Crippen molar-refractivity contribution in [2.24, 2.45) is 0 Å². The van der Waals surface area contributed by atoms with Gasteiger partial charge in [0, 0.05) is 0 Å². The third-order valence-corrected chi connectivity index (χ3v) is 2.46. The predicted molar refractivity (Wildman–Crippen MR) is 54.5 cm³/mol. The Morgan fingerprint density at radius 2 is 2.31 bits per heavy atom. The van der Waals surface area contributed by atoms with Gasteiger partial charge in [-0.2, -0.15) is 0 Å². The van der Waals surface area contributed by atoms with Crippen LogP contribution in [0.1, 0.15) is 11.1 Å². The molecule has 0 spiro atoms. The van der Waals surface area contributed by atoms with Crippen LogP contribution in [-0.2, 0) is 6.61 Å². The fraction of sp³-hybridized carbons (Fsp3) is 0.222. The molecular weight excluding hydrogens is 232 g/mol. The van der Waals surface area contributed by atoms with Gasteiger partial charge in [0.1, 0.15) is 0 Å². The molecule has 0 aliphatic heterocycles. The Balaban J connectivity index is 2.72. The van der Waals surface area contributed by atoms with Crippen LogP contribution in [0.15, 0.2) is 16.9 Å². The lowest BCUT2D eigenvalue weighted by atomic mass is 10.1. The number of imidazole rings is 1. The fourth-order valence-electron chi connectivity index (χ4n) is 1.35. The number of aromatic nitrogens is 2. The van der Waals surface area contributed by atoms with E-state index in [4.69, 9.17) is 5.11 Å². The molecule has 13 heavy (non-hydrogen) atoms. The van der Waals surface area contributed by atoms with E-state index in [0.717, 1.165) is 26.9 Å². The molecule has 4 heteroatoms. The molecule has 3 nitrogen and oxygen atoms in total. The topological polar surface area (TPSA) is 48.9 Å². The van der Waals surface area contributed by atoms with Crippen molar-refractivity contribution < 1.29 is 5.11 Å². The minimum Gasteiger partial charge on any atom is -0.392 e. The van der Waals surface area contributed by atoms with Gasteiger partial charge in [-0.25, -0.2) is 4.98 Å². The first kappa shape index (κ1) is 8.72. The van der Waals surface area contributed by atoms with Crippen molar-refractivity contribution in [1.82, 2.24) is 9.97 Å². The molecule has 0 saturated carbocycles. The van der Waals surface area contributed by atoms with Gasteiger partial charge in [0.15, 0.2) is 4.73 Å². The van der Waals surface area contributed by atoms with Gasteiger partial charge < -0.3 is 10.1 Å². The number of nitrogens with one attached hydrogen (secondary N) is 1. The third-order valence-electron chi connectivity index (χ3n) is 2.08. The van der Waals surface area contributed by atoms with Crippen LogP contribution >= 0.6 is 15.9 Å². The highest BCUT2D eigenvalue weighted by Gasteiger charge is 2.04. The number of aryl methyl sites for hydroxylation is 1. The molecule has 0 radical (unpaired) electrons. The van der Waals surface area contributed by atoms with E-state index in [9.17, 15) is 0 Å². The molecule has 0 saturated heterocycles. The van der Waals surface area contributed by atoms with Gasteiger partial charge in [-0.05, 0) is 46.1 Å². The maximum atomic E-state index is 9.03. The van der Waals surface area contributed by atoms with Crippen molar-refractivity contribution in [1.29, 1.82) is 0 Å². The lowest BCUT2D eigenvalue weighted by Crippen LogP contribution is -1.88. The van der Waals surface area contributed by atoms with Crippen molar-refractivity contribution in [2.45, 2.75) is 13.5 Å². The second-order valence-electron chi connectivity index (χ2n) is 2.98. The molecule has 2 rings (SSSR count). The molecular formula is C9H9BrN2O. The Bertz CT molecular complexity index is 450. The highest BCUT2D eigenvalue weighted by molar-refractivity contribution is 9.10. The second kappa shape index (κ2) is 3.12. The molecule has 0 aliphatic carbocycles. The zero-order chi connectivity index (χ0) is 9.42. The summed E-state index contributed by atoms with van der Waals surface area (Å²) in [6.07, 6.45) is 0. The molecule has 2 N–H and O–H groups in total. The molecule has 1 aromatic heterocycles. The molecule has 1 aromatic carbocycles. The minimum atomic E-state index is 0.0618. The normalized spacial score (nSPS) is 11.0. The Morgan fingerprint density at radius 1 is 1.54 bits per heavy atom. The minimum absolute atomic E-state index is 0.0618. The summed E-state index contributed by atoms with van der Waals surface area (Å²) < 4.78 is 0.719. The zero-order valence-corrected chi connectivity index (χ0v) is 8.72. The third kappa shape index (κ3) is 1.47. The number of aromatic amines is 1. The highest BCUT2D eigenvalue weighted by Crippen LogP contribution is 2.19. The van der Waals surface area contributed by atoms with Crippen molar-refractivity contribution in [3.63, 3.8) is 0 Å². The van der Waals surface area contributed by atoms with Gasteiger partial charge in [0.2, 0.25) is 0 Å². The lowest BCUT2D eigenvalue weighted by molar-refractivity contribution is 0.281. The van der Waals surface area contributed by atoms with E-state index >= 15 is 0 Å². The molecule has 0 fully saturated rings. The van der Waals surface area contributed by atoms with E-state index in [2.05, 4.69) is 25.9 Å². The molecule has 0 aliphatic rings. The van der Waals surface area contributed by atoms with Crippen LogP contribution in [0.4, 0.5) is 0 Å². The van der Waals surface area contributed by atoms with Gasteiger partial charge in [-0.1, -0.05) is 0 Å². The summed E-state index contributed by atoms with van der Waals surface area (Å²) in [6.45, 7) is 2.03. The average Bonchev–Trinajstić information content (AvgIpc) is 2.42. The molecule has 0 atom stereocenters. The van der Waals surface area contributed by atoms with Gasteiger partial charge in [-0.3, -0.25) is 0 Å². The summed E-state index contributed by atoms with van der Waals surface area (Å²) in [5.41, 5.74) is 3.86. The Labute approximate surface area is 83.9 Å². The van der Waals surface area contributed by atoms with Crippen LogP contribution in [0.3, 0.4) is 0 Å². The zero-order valence-electron chi connectivity index (χ0n) is 7.13. The maximum absolute atomic E-state index is 9.03. The standard InChI is InChI=1S/C9H9BrN2O/c1-5-2-7-8(3-6(5)4-13)12-9(10)11-7/h2-3,13H,4H2,1H3,(H,11,12). The van der Waals surface area contributed by atoms with E-state index in [1.807, 2.05) is 19.1 Å². The summed E-state index contributed by atoms with van der Waals surface area (Å²) >= 11 is 3.27. The summed E-state index contributed by atoms with van der Waals surface area (Å²) in [4.78, 5) is 7.29. The van der Waals surface area contributed by atoms with Crippen molar-refractivity contribution in [3.8, 4) is 0 Å². The van der Waals surface area contributed by atoms with E-state index < -0.39 is 0 Å². The van der Waals surface area contributed by atoms with E-state index in [-0.39, 0.29) is 6.61 Å². The fourth-order valence-corrected chi connectivity index (χ4v) is 1.75. The smallest absolute Gasteiger partial charge is 0.175 e. The number of hydrogen-bond acceptors (Lipinski definition) is 2. The number of aliphatic hydroxyl groups excluding tert-OH is 1. The van der Waals surface area contributed by atoms with Crippen molar-refractivity contribution in [3.05, 3.63) is 28.0 Å². The summed E-state index contributed by atoms with van der Waals surface area (Å²) in [7, 11) is 0. The number of halogens is 1. The maximum Gasteiger partial charge on any atom is 0.175 e.